The molecule has 2 aromatic heterocycles. The lowest BCUT2D eigenvalue weighted by Gasteiger charge is -2.09. The van der Waals surface area contributed by atoms with Crippen LogP contribution in [0.3, 0.4) is 0 Å². The summed E-state index contributed by atoms with van der Waals surface area (Å²) >= 11 is 6.09. The number of aromatic nitrogens is 2. The fraction of sp³-hybridized carbons (Fsp3) is 0.143. The number of pyridine rings is 1. The van der Waals surface area contributed by atoms with Gasteiger partial charge in [0.1, 0.15) is 0 Å². The van der Waals surface area contributed by atoms with E-state index in [2.05, 4.69) is 20.8 Å². The normalized spacial score (nSPS) is 10.9. The van der Waals surface area contributed by atoms with Gasteiger partial charge in [0.25, 0.3) is 0 Å². The van der Waals surface area contributed by atoms with Crippen LogP contribution in [0.4, 0.5) is 0 Å². The second-order valence-corrected chi connectivity index (χ2v) is 6.82. The van der Waals surface area contributed by atoms with E-state index in [0.29, 0.717) is 5.02 Å². The van der Waals surface area contributed by atoms with Gasteiger partial charge in [0.15, 0.2) is 0 Å². The molecule has 3 rings (SSSR count). The van der Waals surface area contributed by atoms with Crippen LogP contribution in [0.1, 0.15) is 22.5 Å². The number of benzene rings is 1. The van der Waals surface area contributed by atoms with E-state index in [0.717, 1.165) is 28.2 Å². The number of carbonyl (C=O) groups excluding carboxylic acids is 2. The first-order chi connectivity index (χ1) is 14.0. The zero-order chi connectivity index (χ0) is 20.8. The van der Waals surface area contributed by atoms with Crippen LogP contribution in [0, 0.1) is 13.8 Å². The molecule has 0 fully saturated rings. The minimum atomic E-state index is -0.839. The highest BCUT2D eigenvalue weighted by Gasteiger charge is 2.13. The van der Waals surface area contributed by atoms with Gasteiger partial charge in [-0.05, 0) is 49.7 Å². The Kier molecular flexibility index (Phi) is 6.41. The van der Waals surface area contributed by atoms with E-state index in [1.165, 1.54) is 6.21 Å². The Hall–Kier alpha value is -3.45. The second-order valence-electron chi connectivity index (χ2n) is 6.38. The van der Waals surface area contributed by atoms with Crippen LogP contribution in [-0.2, 0) is 16.1 Å². The van der Waals surface area contributed by atoms with Gasteiger partial charge in [0, 0.05) is 46.6 Å². The predicted octanol–water partition coefficient (Wildman–Crippen LogP) is 2.91. The van der Waals surface area contributed by atoms with Crippen LogP contribution < -0.4 is 10.7 Å². The fourth-order valence-electron chi connectivity index (χ4n) is 2.91. The lowest BCUT2D eigenvalue weighted by atomic mass is 10.2. The van der Waals surface area contributed by atoms with Crippen molar-refractivity contribution in [1.82, 2.24) is 20.3 Å². The third kappa shape index (κ3) is 5.08. The van der Waals surface area contributed by atoms with Crippen molar-refractivity contribution in [3.05, 3.63) is 82.4 Å². The average molecular weight is 410 g/mol. The predicted molar refractivity (Wildman–Crippen MR) is 112 cm³/mol. The average Bonchev–Trinajstić information content (AvgIpc) is 3.00. The Morgan fingerprint density at radius 3 is 2.72 bits per heavy atom. The van der Waals surface area contributed by atoms with Crippen LogP contribution in [0.15, 0.2) is 60.0 Å². The third-order valence-corrected chi connectivity index (χ3v) is 4.52. The number of carbonyl (C=O) groups is 2. The number of amides is 2. The van der Waals surface area contributed by atoms with Gasteiger partial charge < -0.3 is 9.88 Å². The van der Waals surface area contributed by atoms with E-state index in [9.17, 15) is 9.59 Å². The molecule has 0 aliphatic rings. The maximum Gasteiger partial charge on any atom is 0.329 e. The SMILES string of the molecule is Cc1cc(/C=N\NC(=O)C(=O)NCc2cccnc2)c(C)n1-c1cccc(Cl)c1. The van der Waals surface area contributed by atoms with E-state index >= 15 is 0 Å². The molecule has 0 aliphatic heterocycles. The van der Waals surface area contributed by atoms with Crippen molar-refractivity contribution in [2.24, 2.45) is 5.10 Å². The number of hydrogen-bond acceptors (Lipinski definition) is 4. The molecule has 0 saturated carbocycles. The van der Waals surface area contributed by atoms with Crippen molar-refractivity contribution in [3.63, 3.8) is 0 Å². The summed E-state index contributed by atoms with van der Waals surface area (Å²) in [6.45, 7) is 4.12. The molecule has 3 aromatic rings. The number of aryl methyl sites for hydroxylation is 1. The first-order valence-electron chi connectivity index (χ1n) is 8.90. The lowest BCUT2D eigenvalue weighted by molar-refractivity contribution is -0.139. The molecule has 2 N–H and O–H groups in total. The van der Waals surface area contributed by atoms with Gasteiger partial charge in [-0.2, -0.15) is 5.10 Å². The maximum atomic E-state index is 11.9. The Balaban J connectivity index is 1.62. The molecule has 29 heavy (non-hydrogen) atoms. The minimum Gasteiger partial charge on any atom is -0.344 e. The molecule has 8 heteroatoms. The molecule has 2 heterocycles. The molecule has 0 spiro atoms. The Bertz CT molecular complexity index is 1060. The monoisotopic (exact) mass is 409 g/mol. The molecule has 0 atom stereocenters. The first-order valence-corrected chi connectivity index (χ1v) is 9.28. The number of nitrogens with zero attached hydrogens (tertiary/aromatic N) is 3. The van der Waals surface area contributed by atoms with Crippen LogP contribution >= 0.6 is 11.6 Å². The number of hydrogen-bond donors (Lipinski definition) is 2. The van der Waals surface area contributed by atoms with Gasteiger partial charge in [-0.15, -0.1) is 0 Å². The molecule has 1 aromatic carbocycles. The summed E-state index contributed by atoms with van der Waals surface area (Å²) in [4.78, 5) is 27.7. The fourth-order valence-corrected chi connectivity index (χ4v) is 3.09. The molecule has 148 valence electrons. The number of hydrazone groups is 1. The van der Waals surface area contributed by atoms with E-state index in [1.54, 1.807) is 24.5 Å². The topological polar surface area (TPSA) is 88.4 Å². The molecular formula is C21H20ClN5O2. The van der Waals surface area contributed by atoms with Crippen molar-refractivity contribution in [1.29, 1.82) is 0 Å². The van der Waals surface area contributed by atoms with Crippen LogP contribution in [-0.4, -0.2) is 27.6 Å². The Morgan fingerprint density at radius 2 is 2.00 bits per heavy atom. The quantitative estimate of drug-likeness (QED) is 0.386. The zero-order valence-corrected chi connectivity index (χ0v) is 16.8. The highest BCUT2D eigenvalue weighted by Crippen LogP contribution is 2.22. The van der Waals surface area contributed by atoms with Crippen LogP contribution in [0.2, 0.25) is 5.02 Å². The third-order valence-electron chi connectivity index (χ3n) is 4.29. The van der Waals surface area contributed by atoms with Gasteiger partial charge in [-0.1, -0.05) is 23.7 Å². The largest absolute Gasteiger partial charge is 0.344 e. The molecule has 2 amide bonds. The summed E-state index contributed by atoms with van der Waals surface area (Å²) in [5.74, 6) is -1.61. The highest BCUT2D eigenvalue weighted by atomic mass is 35.5. The summed E-state index contributed by atoms with van der Waals surface area (Å²) in [6, 6.07) is 13.0. The smallest absolute Gasteiger partial charge is 0.329 e. The van der Waals surface area contributed by atoms with E-state index in [1.807, 2.05) is 48.7 Å². The van der Waals surface area contributed by atoms with Crippen molar-refractivity contribution in [2.75, 3.05) is 0 Å². The summed E-state index contributed by atoms with van der Waals surface area (Å²) in [7, 11) is 0. The lowest BCUT2D eigenvalue weighted by Crippen LogP contribution is -2.37. The van der Waals surface area contributed by atoms with E-state index in [4.69, 9.17) is 11.6 Å². The summed E-state index contributed by atoms with van der Waals surface area (Å²) in [5, 5.41) is 7.07. The van der Waals surface area contributed by atoms with Gasteiger partial charge >= 0.3 is 11.8 Å². The van der Waals surface area contributed by atoms with Crippen molar-refractivity contribution in [3.8, 4) is 5.69 Å². The Labute approximate surface area is 173 Å². The minimum absolute atomic E-state index is 0.213. The molecule has 0 bridgehead atoms. The molecule has 0 aliphatic carbocycles. The Morgan fingerprint density at radius 1 is 1.17 bits per heavy atom. The molecule has 0 unspecified atom stereocenters. The van der Waals surface area contributed by atoms with E-state index in [-0.39, 0.29) is 6.54 Å². The van der Waals surface area contributed by atoms with Crippen molar-refractivity contribution < 1.29 is 9.59 Å². The standard InChI is InChI=1S/C21H20ClN5O2/c1-14-9-17(15(2)27(14)19-7-3-6-18(22)10-19)13-25-26-21(29)20(28)24-12-16-5-4-8-23-11-16/h3-11,13H,12H2,1-2H3,(H,24,28)(H,26,29)/b25-13-. The molecule has 7 nitrogen and oxygen atoms in total. The van der Waals surface area contributed by atoms with Gasteiger partial charge in [-0.25, -0.2) is 5.43 Å². The number of nitrogens with one attached hydrogen (secondary N) is 2. The number of halogens is 1. The number of rotatable bonds is 5. The van der Waals surface area contributed by atoms with E-state index < -0.39 is 11.8 Å². The van der Waals surface area contributed by atoms with Gasteiger partial charge in [-0.3, -0.25) is 14.6 Å². The zero-order valence-electron chi connectivity index (χ0n) is 16.0. The molecular weight excluding hydrogens is 390 g/mol. The second kappa shape index (κ2) is 9.16. The van der Waals surface area contributed by atoms with Gasteiger partial charge in [0.2, 0.25) is 0 Å². The summed E-state index contributed by atoms with van der Waals surface area (Å²) < 4.78 is 2.04. The maximum absolute atomic E-state index is 11.9. The van der Waals surface area contributed by atoms with Crippen LogP contribution in [0.25, 0.3) is 5.69 Å². The van der Waals surface area contributed by atoms with Crippen molar-refractivity contribution in [2.45, 2.75) is 20.4 Å². The first kappa shape index (κ1) is 20.3. The van der Waals surface area contributed by atoms with Gasteiger partial charge in [0.05, 0.1) is 6.21 Å². The highest BCUT2D eigenvalue weighted by molar-refractivity contribution is 6.35. The summed E-state index contributed by atoms with van der Waals surface area (Å²) in [6.07, 6.45) is 4.76. The van der Waals surface area contributed by atoms with Crippen molar-refractivity contribution >= 4 is 29.6 Å². The summed E-state index contributed by atoms with van der Waals surface area (Å²) in [5.41, 5.74) is 6.72. The van der Waals surface area contributed by atoms with Crippen LogP contribution in [0.5, 0.6) is 0 Å². The molecule has 0 saturated heterocycles. The molecule has 0 radical (unpaired) electrons.